The molecule has 0 spiro atoms. The molecule has 1 heterocycles. The van der Waals surface area contributed by atoms with Crippen molar-refractivity contribution < 1.29 is 17.9 Å². The van der Waals surface area contributed by atoms with Gasteiger partial charge in [-0.3, -0.25) is 4.90 Å². The van der Waals surface area contributed by atoms with E-state index < -0.39 is 12.7 Å². The van der Waals surface area contributed by atoms with E-state index in [1.54, 1.807) is 7.11 Å². The van der Waals surface area contributed by atoms with Gasteiger partial charge in [-0.25, -0.2) is 0 Å². The number of nitrogens with one attached hydrogen (secondary N) is 1. The fraction of sp³-hybridized carbons (Fsp3) is 1.00. The van der Waals surface area contributed by atoms with Gasteiger partial charge in [-0.2, -0.15) is 13.2 Å². The lowest BCUT2D eigenvalue weighted by molar-refractivity contribution is -0.149. The van der Waals surface area contributed by atoms with Gasteiger partial charge in [0.25, 0.3) is 0 Å². The van der Waals surface area contributed by atoms with E-state index >= 15 is 0 Å². The third kappa shape index (κ3) is 8.41. The average molecular weight is 283 g/mol. The Morgan fingerprint density at radius 2 is 1.68 bits per heavy atom. The molecule has 0 aromatic rings. The summed E-state index contributed by atoms with van der Waals surface area (Å²) in [7, 11) is 1.67. The van der Waals surface area contributed by atoms with Gasteiger partial charge in [-0.05, 0) is 19.5 Å². The highest BCUT2D eigenvalue weighted by Gasteiger charge is 2.31. The molecule has 0 atom stereocenters. The van der Waals surface area contributed by atoms with Gasteiger partial charge < -0.3 is 15.0 Å². The van der Waals surface area contributed by atoms with Crippen LogP contribution in [0.1, 0.15) is 6.42 Å². The zero-order chi connectivity index (χ0) is 14.1. The topological polar surface area (TPSA) is 27.7 Å². The first kappa shape index (κ1) is 16.7. The second kappa shape index (κ2) is 8.73. The van der Waals surface area contributed by atoms with Crippen molar-refractivity contribution >= 4 is 0 Å². The average Bonchev–Trinajstić information content (AvgIpc) is 2.34. The number of halogens is 3. The number of piperazine rings is 1. The SMILES string of the molecule is COCCNCCCN1CCN(CC(F)(F)F)CC1. The van der Waals surface area contributed by atoms with Crippen LogP contribution in [0.3, 0.4) is 0 Å². The summed E-state index contributed by atoms with van der Waals surface area (Å²) in [6, 6.07) is 0. The van der Waals surface area contributed by atoms with Crippen LogP contribution in [0.25, 0.3) is 0 Å². The minimum absolute atomic E-state index is 0.511. The molecular formula is C12H24F3N3O. The van der Waals surface area contributed by atoms with Crippen LogP contribution in [0.5, 0.6) is 0 Å². The Hall–Kier alpha value is -0.370. The number of ether oxygens (including phenoxy) is 1. The van der Waals surface area contributed by atoms with Gasteiger partial charge >= 0.3 is 6.18 Å². The number of hydrogen-bond acceptors (Lipinski definition) is 4. The molecule has 1 aliphatic heterocycles. The zero-order valence-electron chi connectivity index (χ0n) is 11.5. The first-order valence-corrected chi connectivity index (χ1v) is 6.72. The fourth-order valence-electron chi connectivity index (χ4n) is 2.15. The van der Waals surface area contributed by atoms with Crippen molar-refractivity contribution in [2.45, 2.75) is 12.6 Å². The van der Waals surface area contributed by atoms with E-state index in [1.165, 1.54) is 4.90 Å². The van der Waals surface area contributed by atoms with Crippen LogP contribution >= 0.6 is 0 Å². The summed E-state index contributed by atoms with van der Waals surface area (Å²) in [6.45, 7) is 5.12. The molecule has 1 N–H and O–H groups in total. The summed E-state index contributed by atoms with van der Waals surface area (Å²) >= 11 is 0. The highest BCUT2D eigenvalue weighted by molar-refractivity contribution is 4.74. The van der Waals surface area contributed by atoms with Crippen LogP contribution in [0.15, 0.2) is 0 Å². The molecule has 0 amide bonds. The minimum Gasteiger partial charge on any atom is -0.383 e. The van der Waals surface area contributed by atoms with Gasteiger partial charge in [0.05, 0.1) is 13.2 Å². The summed E-state index contributed by atoms with van der Waals surface area (Å²) in [5.74, 6) is 0. The van der Waals surface area contributed by atoms with Crippen LogP contribution in [-0.4, -0.2) is 82.1 Å². The molecule has 1 rings (SSSR count). The summed E-state index contributed by atoms with van der Waals surface area (Å²) in [5, 5.41) is 3.25. The van der Waals surface area contributed by atoms with E-state index in [1.807, 2.05) is 0 Å². The Bertz CT molecular complexity index is 231. The molecule has 0 radical (unpaired) electrons. The number of hydrogen-bond donors (Lipinski definition) is 1. The zero-order valence-corrected chi connectivity index (χ0v) is 11.5. The maximum Gasteiger partial charge on any atom is 0.401 e. The Balaban J connectivity index is 2.01. The molecule has 7 heteroatoms. The maximum absolute atomic E-state index is 12.2. The van der Waals surface area contributed by atoms with Crippen molar-refractivity contribution in [3.63, 3.8) is 0 Å². The fourth-order valence-corrected chi connectivity index (χ4v) is 2.15. The maximum atomic E-state index is 12.2. The summed E-state index contributed by atoms with van der Waals surface area (Å²) in [6.07, 6.45) is -3.06. The van der Waals surface area contributed by atoms with Crippen LogP contribution in [0.4, 0.5) is 13.2 Å². The Morgan fingerprint density at radius 1 is 1.05 bits per heavy atom. The normalized spacial score (nSPS) is 18.9. The van der Waals surface area contributed by atoms with Crippen LogP contribution in [-0.2, 0) is 4.74 Å². The molecule has 0 aromatic heterocycles. The third-order valence-corrected chi connectivity index (χ3v) is 3.18. The molecule has 4 nitrogen and oxygen atoms in total. The van der Waals surface area contributed by atoms with Gasteiger partial charge in [0.2, 0.25) is 0 Å². The lowest BCUT2D eigenvalue weighted by atomic mass is 10.3. The van der Waals surface area contributed by atoms with Gasteiger partial charge in [0.1, 0.15) is 0 Å². The highest BCUT2D eigenvalue weighted by atomic mass is 19.4. The molecule has 114 valence electrons. The molecule has 0 aliphatic carbocycles. The van der Waals surface area contributed by atoms with Gasteiger partial charge in [-0.15, -0.1) is 0 Å². The smallest absolute Gasteiger partial charge is 0.383 e. The van der Waals surface area contributed by atoms with Crippen LogP contribution < -0.4 is 5.32 Å². The first-order valence-electron chi connectivity index (χ1n) is 6.72. The standard InChI is InChI=1S/C12H24F3N3O/c1-19-10-4-16-3-2-5-17-6-8-18(9-7-17)11-12(13,14)15/h16H,2-11H2,1H3. The largest absolute Gasteiger partial charge is 0.401 e. The number of methoxy groups -OCH3 is 1. The quantitative estimate of drug-likeness (QED) is 0.667. The number of rotatable bonds is 8. The first-order chi connectivity index (χ1) is 9.01. The molecule has 0 aromatic carbocycles. The number of nitrogens with zero attached hydrogens (tertiary/aromatic N) is 2. The predicted octanol–water partition coefficient (Wildman–Crippen LogP) is 0.792. The lowest BCUT2D eigenvalue weighted by Crippen LogP contribution is -2.49. The molecule has 1 aliphatic rings. The molecule has 1 fully saturated rings. The molecule has 0 bridgehead atoms. The predicted molar refractivity (Wildman–Crippen MR) is 68.3 cm³/mol. The van der Waals surface area contributed by atoms with E-state index in [0.29, 0.717) is 19.7 Å². The number of alkyl halides is 3. The summed E-state index contributed by atoms with van der Waals surface area (Å²) < 4.78 is 41.6. The third-order valence-electron chi connectivity index (χ3n) is 3.18. The van der Waals surface area contributed by atoms with E-state index in [4.69, 9.17) is 4.74 Å². The monoisotopic (exact) mass is 283 g/mol. The van der Waals surface area contributed by atoms with Crippen molar-refractivity contribution in [1.29, 1.82) is 0 Å². The summed E-state index contributed by atoms with van der Waals surface area (Å²) in [5.41, 5.74) is 0. The van der Waals surface area contributed by atoms with Crippen molar-refractivity contribution in [3.8, 4) is 0 Å². The summed E-state index contributed by atoms with van der Waals surface area (Å²) in [4.78, 5) is 3.71. The Labute approximate surface area is 112 Å². The van der Waals surface area contributed by atoms with E-state index in [2.05, 4.69) is 10.2 Å². The molecular weight excluding hydrogens is 259 g/mol. The lowest BCUT2D eigenvalue weighted by Gasteiger charge is -2.34. The van der Waals surface area contributed by atoms with E-state index in [-0.39, 0.29) is 0 Å². The molecule has 19 heavy (non-hydrogen) atoms. The van der Waals surface area contributed by atoms with Gasteiger partial charge in [0, 0.05) is 39.8 Å². The second-order valence-electron chi connectivity index (χ2n) is 4.83. The Morgan fingerprint density at radius 3 is 2.26 bits per heavy atom. The molecule has 0 saturated carbocycles. The minimum atomic E-state index is -4.08. The van der Waals surface area contributed by atoms with Gasteiger partial charge in [0.15, 0.2) is 0 Å². The van der Waals surface area contributed by atoms with Crippen molar-refractivity contribution in [1.82, 2.24) is 15.1 Å². The van der Waals surface area contributed by atoms with E-state index in [0.717, 1.165) is 39.1 Å². The van der Waals surface area contributed by atoms with E-state index in [9.17, 15) is 13.2 Å². The van der Waals surface area contributed by atoms with Crippen LogP contribution in [0, 0.1) is 0 Å². The molecule has 0 unspecified atom stereocenters. The van der Waals surface area contributed by atoms with Crippen molar-refractivity contribution in [2.75, 3.05) is 66.1 Å². The second-order valence-corrected chi connectivity index (χ2v) is 4.83. The highest BCUT2D eigenvalue weighted by Crippen LogP contribution is 2.17. The van der Waals surface area contributed by atoms with Gasteiger partial charge in [-0.1, -0.05) is 0 Å². The van der Waals surface area contributed by atoms with Crippen LogP contribution in [0.2, 0.25) is 0 Å². The van der Waals surface area contributed by atoms with Crippen molar-refractivity contribution in [3.05, 3.63) is 0 Å². The Kier molecular flexibility index (Phi) is 7.67. The molecule has 1 saturated heterocycles. The van der Waals surface area contributed by atoms with Crippen molar-refractivity contribution in [2.24, 2.45) is 0 Å².